The van der Waals surface area contributed by atoms with Crippen molar-refractivity contribution in [3.8, 4) is 5.75 Å². The molecule has 0 aliphatic carbocycles. The van der Waals surface area contributed by atoms with Crippen molar-refractivity contribution >= 4 is 41.5 Å². The predicted molar refractivity (Wildman–Crippen MR) is 78.7 cm³/mol. The highest BCUT2D eigenvalue weighted by Gasteiger charge is 2.25. The van der Waals surface area contributed by atoms with Gasteiger partial charge in [-0.25, -0.2) is 0 Å². The van der Waals surface area contributed by atoms with E-state index in [0.717, 1.165) is 6.54 Å². The average molecular weight is 326 g/mol. The standard InChI is InChI=1S/C12H14Cl2N2O2.ClH/c1-7-6-16(3-2-15-7)12(18)11-9(14)4-8(13)5-10(11)17;/h4-5,7,15,17H,2-3,6H2,1H3;1H/t7-;/m1./s1. The maximum Gasteiger partial charge on any atom is 0.259 e. The number of nitrogens with one attached hydrogen (secondary N) is 1. The van der Waals surface area contributed by atoms with E-state index in [4.69, 9.17) is 23.2 Å². The van der Waals surface area contributed by atoms with Gasteiger partial charge in [-0.3, -0.25) is 4.79 Å². The van der Waals surface area contributed by atoms with Gasteiger partial charge < -0.3 is 15.3 Å². The molecule has 0 aromatic heterocycles. The summed E-state index contributed by atoms with van der Waals surface area (Å²) in [5.74, 6) is -0.439. The number of hydrogen-bond acceptors (Lipinski definition) is 3. The molecule has 2 N–H and O–H groups in total. The molecule has 1 fully saturated rings. The van der Waals surface area contributed by atoms with Gasteiger partial charge in [0.05, 0.1) is 10.6 Å². The Morgan fingerprint density at radius 1 is 1.47 bits per heavy atom. The number of piperazine rings is 1. The normalized spacial score (nSPS) is 18.9. The van der Waals surface area contributed by atoms with Crippen LogP contribution in [0.4, 0.5) is 0 Å². The van der Waals surface area contributed by atoms with Crippen LogP contribution in [0.3, 0.4) is 0 Å². The summed E-state index contributed by atoms with van der Waals surface area (Å²) in [6.07, 6.45) is 0. The predicted octanol–water partition coefficient (Wildman–Crippen LogP) is 2.55. The van der Waals surface area contributed by atoms with Crippen molar-refractivity contribution in [3.63, 3.8) is 0 Å². The van der Waals surface area contributed by atoms with Gasteiger partial charge in [-0.1, -0.05) is 23.2 Å². The van der Waals surface area contributed by atoms with E-state index >= 15 is 0 Å². The van der Waals surface area contributed by atoms with Gasteiger partial charge in [0, 0.05) is 30.7 Å². The molecule has 0 radical (unpaired) electrons. The summed E-state index contributed by atoms with van der Waals surface area (Å²) >= 11 is 11.7. The first kappa shape index (κ1) is 16.4. The van der Waals surface area contributed by atoms with E-state index in [1.54, 1.807) is 4.90 Å². The summed E-state index contributed by atoms with van der Waals surface area (Å²) in [7, 11) is 0. The van der Waals surface area contributed by atoms with Crippen molar-refractivity contribution in [1.82, 2.24) is 10.2 Å². The van der Waals surface area contributed by atoms with E-state index in [-0.39, 0.29) is 40.7 Å². The van der Waals surface area contributed by atoms with E-state index < -0.39 is 0 Å². The lowest BCUT2D eigenvalue weighted by Crippen LogP contribution is -2.51. The zero-order chi connectivity index (χ0) is 13.3. The molecule has 7 heteroatoms. The second-order valence-corrected chi connectivity index (χ2v) is 5.23. The molecular weight excluding hydrogens is 311 g/mol. The van der Waals surface area contributed by atoms with Crippen LogP contribution in [0.1, 0.15) is 17.3 Å². The Kier molecular flexibility index (Phi) is 5.74. The average Bonchev–Trinajstić information content (AvgIpc) is 2.27. The van der Waals surface area contributed by atoms with Gasteiger partial charge in [0.2, 0.25) is 0 Å². The fraction of sp³-hybridized carbons (Fsp3) is 0.417. The zero-order valence-corrected chi connectivity index (χ0v) is 12.6. The SMILES string of the molecule is C[C@@H]1CN(C(=O)c2c(O)cc(Cl)cc2Cl)CCN1.Cl. The Hall–Kier alpha value is -0.680. The quantitative estimate of drug-likeness (QED) is 0.834. The van der Waals surface area contributed by atoms with Crippen molar-refractivity contribution in [1.29, 1.82) is 0 Å². The topological polar surface area (TPSA) is 52.6 Å². The minimum absolute atomic E-state index is 0. The number of halogens is 3. The zero-order valence-electron chi connectivity index (χ0n) is 10.3. The van der Waals surface area contributed by atoms with Gasteiger partial charge in [-0.15, -0.1) is 12.4 Å². The molecule has 106 valence electrons. The molecule has 1 aliphatic rings. The van der Waals surface area contributed by atoms with E-state index in [1.165, 1.54) is 12.1 Å². The number of carbonyl (C=O) groups excluding carboxylic acids is 1. The first-order chi connectivity index (χ1) is 8.49. The third-order valence-corrected chi connectivity index (χ3v) is 3.42. The second-order valence-electron chi connectivity index (χ2n) is 4.39. The highest BCUT2D eigenvalue weighted by atomic mass is 35.5. The Morgan fingerprint density at radius 3 is 2.74 bits per heavy atom. The summed E-state index contributed by atoms with van der Waals surface area (Å²) in [6, 6.07) is 3.02. The highest BCUT2D eigenvalue weighted by Crippen LogP contribution is 2.31. The molecule has 1 aromatic carbocycles. The number of aromatic hydroxyl groups is 1. The maximum absolute atomic E-state index is 12.3. The Morgan fingerprint density at radius 2 is 2.16 bits per heavy atom. The fourth-order valence-electron chi connectivity index (χ4n) is 2.05. The van der Waals surface area contributed by atoms with Crippen molar-refractivity contribution < 1.29 is 9.90 Å². The molecule has 0 bridgehead atoms. The second kappa shape index (κ2) is 6.66. The van der Waals surface area contributed by atoms with Crippen LogP contribution in [-0.4, -0.2) is 41.6 Å². The molecule has 1 aliphatic heterocycles. The first-order valence-electron chi connectivity index (χ1n) is 5.69. The lowest BCUT2D eigenvalue weighted by atomic mass is 10.1. The fourth-order valence-corrected chi connectivity index (χ4v) is 2.61. The Balaban J connectivity index is 0.00000180. The third-order valence-electron chi connectivity index (χ3n) is 2.90. The molecule has 0 unspecified atom stereocenters. The minimum atomic E-state index is -0.262. The maximum atomic E-state index is 12.3. The smallest absolute Gasteiger partial charge is 0.259 e. The van der Waals surface area contributed by atoms with Gasteiger partial charge in [0.15, 0.2) is 0 Å². The number of carbonyl (C=O) groups is 1. The number of amides is 1. The molecule has 1 amide bonds. The monoisotopic (exact) mass is 324 g/mol. The number of rotatable bonds is 1. The molecule has 4 nitrogen and oxygen atoms in total. The number of nitrogens with zero attached hydrogens (tertiary/aromatic N) is 1. The van der Waals surface area contributed by atoms with E-state index in [2.05, 4.69) is 5.32 Å². The largest absolute Gasteiger partial charge is 0.507 e. The van der Waals surface area contributed by atoms with Gasteiger partial charge >= 0.3 is 0 Å². The van der Waals surface area contributed by atoms with Gasteiger partial charge in [0.25, 0.3) is 5.91 Å². The molecule has 0 saturated carbocycles. The summed E-state index contributed by atoms with van der Waals surface area (Å²) in [5.41, 5.74) is 0.121. The number of phenolic OH excluding ortho intramolecular Hbond substituents is 1. The minimum Gasteiger partial charge on any atom is -0.507 e. The lowest BCUT2D eigenvalue weighted by Gasteiger charge is -2.32. The summed E-state index contributed by atoms with van der Waals surface area (Å²) in [4.78, 5) is 14.0. The van der Waals surface area contributed by atoms with Gasteiger partial charge in [0.1, 0.15) is 5.75 Å². The molecule has 1 atom stereocenters. The molecule has 2 rings (SSSR count). The first-order valence-corrected chi connectivity index (χ1v) is 6.45. The van der Waals surface area contributed by atoms with Crippen molar-refractivity contribution in [2.75, 3.05) is 19.6 Å². The van der Waals surface area contributed by atoms with Crippen LogP contribution in [0.25, 0.3) is 0 Å². The van der Waals surface area contributed by atoms with Crippen molar-refractivity contribution in [3.05, 3.63) is 27.7 Å². The summed E-state index contributed by atoms with van der Waals surface area (Å²) in [5, 5.41) is 13.5. The van der Waals surface area contributed by atoms with Crippen molar-refractivity contribution in [2.45, 2.75) is 13.0 Å². The van der Waals surface area contributed by atoms with E-state index in [0.29, 0.717) is 18.1 Å². The lowest BCUT2D eigenvalue weighted by molar-refractivity contribution is 0.0706. The van der Waals surface area contributed by atoms with Crippen LogP contribution in [-0.2, 0) is 0 Å². The number of benzene rings is 1. The third kappa shape index (κ3) is 3.66. The van der Waals surface area contributed by atoms with Crippen LogP contribution in [0.5, 0.6) is 5.75 Å². The molecule has 1 aromatic rings. The van der Waals surface area contributed by atoms with Crippen LogP contribution >= 0.6 is 35.6 Å². The Bertz CT molecular complexity index is 459. The molecule has 0 spiro atoms. The highest BCUT2D eigenvalue weighted by molar-refractivity contribution is 6.37. The molecule has 19 heavy (non-hydrogen) atoms. The summed E-state index contributed by atoms with van der Waals surface area (Å²) < 4.78 is 0. The van der Waals surface area contributed by atoms with E-state index in [1.807, 2.05) is 6.92 Å². The van der Waals surface area contributed by atoms with E-state index in [9.17, 15) is 9.90 Å². The Labute approximate surface area is 128 Å². The van der Waals surface area contributed by atoms with Crippen LogP contribution < -0.4 is 5.32 Å². The number of phenols is 1. The van der Waals surface area contributed by atoms with Gasteiger partial charge in [-0.05, 0) is 19.1 Å². The molecule has 1 saturated heterocycles. The van der Waals surface area contributed by atoms with Crippen LogP contribution in [0.2, 0.25) is 10.0 Å². The van der Waals surface area contributed by atoms with Crippen molar-refractivity contribution in [2.24, 2.45) is 0 Å². The molecule has 1 heterocycles. The van der Waals surface area contributed by atoms with Gasteiger partial charge in [-0.2, -0.15) is 0 Å². The number of hydrogen-bond donors (Lipinski definition) is 2. The van der Waals surface area contributed by atoms with Crippen LogP contribution in [0.15, 0.2) is 12.1 Å². The van der Waals surface area contributed by atoms with Crippen LogP contribution in [0, 0.1) is 0 Å². The summed E-state index contributed by atoms with van der Waals surface area (Å²) in [6.45, 7) is 3.93. The molecular formula is C12H15Cl3N2O2.